The second kappa shape index (κ2) is 9.70. The van der Waals surface area contributed by atoms with E-state index in [9.17, 15) is 14.4 Å². The lowest BCUT2D eigenvalue weighted by atomic mass is 10.2. The van der Waals surface area contributed by atoms with Crippen LogP contribution in [0.3, 0.4) is 0 Å². The molecule has 0 atom stereocenters. The molecule has 0 fully saturated rings. The van der Waals surface area contributed by atoms with Gasteiger partial charge in [-0.15, -0.1) is 0 Å². The summed E-state index contributed by atoms with van der Waals surface area (Å²) in [5, 5.41) is 2.55. The quantitative estimate of drug-likeness (QED) is 0.690. The number of nitrogens with zero attached hydrogens (tertiary/aromatic N) is 2. The minimum atomic E-state index is -0.522. The molecular weight excluding hydrogens is 334 g/mol. The van der Waals surface area contributed by atoms with E-state index >= 15 is 0 Å². The number of aromatic nitrogens is 2. The molecule has 7 heteroatoms. The van der Waals surface area contributed by atoms with Crippen LogP contribution in [-0.4, -0.2) is 34.6 Å². The van der Waals surface area contributed by atoms with E-state index in [0.29, 0.717) is 18.8 Å². The van der Waals surface area contributed by atoms with Crippen molar-refractivity contribution in [1.82, 2.24) is 14.9 Å². The number of unbranched alkanes of at least 4 members (excludes halogenated alkanes) is 1. The summed E-state index contributed by atoms with van der Waals surface area (Å²) in [5.74, 6) is -0.864. The van der Waals surface area contributed by atoms with Gasteiger partial charge in [-0.1, -0.05) is 25.5 Å². The molecule has 140 valence electrons. The highest BCUT2D eigenvalue weighted by Crippen LogP contribution is 2.12. The molecular formula is C19H25N3O4. The predicted octanol–water partition coefficient (Wildman–Crippen LogP) is 1.81. The Morgan fingerprint density at radius 3 is 2.73 bits per heavy atom. The summed E-state index contributed by atoms with van der Waals surface area (Å²) in [6, 6.07) is 7.48. The van der Waals surface area contributed by atoms with E-state index in [1.807, 2.05) is 24.3 Å². The van der Waals surface area contributed by atoms with Crippen LogP contribution in [0.2, 0.25) is 0 Å². The van der Waals surface area contributed by atoms with Gasteiger partial charge in [0.2, 0.25) is 0 Å². The molecule has 1 aromatic carbocycles. The lowest BCUT2D eigenvalue weighted by Gasteiger charge is -2.12. The first-order valence-corrected chi connectivity index (χ1v) is 8.97. The molecule has 1 aromatic heterocycles. The number of carbonyl (C=O) groups excluding carboxylic acids is 2. The third-order valence-electron chi connectivity index (χ3n) is 3.96. The van der Waals surface area contributed by atoms with E-state index in [0.717, 1.165) is 23.9 Å². The van der Waals surface area contributed by atoms with Crippen molar-refractivity contribution in [3.63, 3.8) is 0 Å². The van der Waals surface area contributed by atoms with Gasteiger partial charge in [0.05, 0.1) is 17.5 Å². The minimum absolute atomic E-state index is 0.00770. The summed E-state index contributed by atoms with van der Waals surface area (Å²) in [6.07, 6.45) is 2.06. The number of para-hydroxylation sites is 2. The number of benzene rings is 1. The van der Waals surface area contributed by atoms with Gasteiger partial charge in [0.25, 0.3) is 11.5 Å². The summed E-state index contributed by atoms with van der Waals surface area (Å²) < 4.78 is 6.64. The molecule has 7 nitrogen and oxygen atoms in total. The molecule has 0 aliphatic heterocycles. The molecule has 0 aliphatic carbocycles. The normalized spacial score (nSPS) is 10.7. The maximum atomic E-state index is 12.7. The number of esters is 1. The summed E-state index contributed by atoms with van der Waals surface area (Å²) >= 11 is 0. The SMILES string of the molecule is CCCCn1c(=O)c(CCC(=O)OCC(=O)NCC)nc2ccccc21. The molecule has 2 rings (SSSR count). The second-order valence-corrected chi connectivity index (χ2v) is 5.97. The molecule has 0 unspecified atom stereocenters. The number of hydrogen-bond acceptors (Lipinski definition) is 5. The van der Waals surface area contributed by atoms with E-state index in [-0.39, 0.29) is 30.9 Å². The van der Waals surface area contributed by atoms with E-state index in [2.05, 4.69) is 17.2 Å². The third kappa shape index (κ3) is 5.15. The topological polar surface area (TPSA) is 90.3 Å². The summed E-state index contributed by atoms with van der Waals surface area (Å²) in [4.78, 5) is 40.3. The van der Waals surface area contributed by atoms with Crippen molar-refractivity contribution in [1.29, 1.82) is 0 Å². The standard InChI is InChI=1S/C19H25N3O4/c1-3-5-12-22-16-9-7-6-8-14(16)21-15(19(22)25)10-11-18(24)26-13-17(23)20-4-2/h6-9H,3-5,10-13H2,1-2H3,(H,20,23). The zero-order valence-electron chi connectivity index (χ0n) is 15.3. The van der Waals surface area contributed by atoms with E-state index < -0.39 is 5.97 Å². The lowest BCUT2D eigenvalue weighted by Crippen LogP contribution is -2.29. The van der Waals surface area contributed by atoms with Crippen LogP contribution in [0.1, 0.15) is 38.8 Å². The number of rotatable bonds is 9. The van der Waals surface area contributed by atoms with Crippen LogP contribution >= 0.6 is 0 Å². The molecule has 2 aromatic rings. The van der Waals surface area contributed by atoms with Gasteiger partial charge in [0, 0.05) is 19.5 Å². The van der Waals surface area contributed by atoms with Crippen LogP contribution in [0.15, 0.2) is 29.1 Å². The molecule has 1 amide bonds. The molecule has 1 heterocycles. The first kappa shape index (κ1) is 19.6. The fourth-order valence-electron chi connectivity index (χ4n) is 2.63. The van der Waals surface area contributed by atoms with Crippen molar-refractivity contribution in [3.8, 4) is 0 Å². The number of hydrogen-bond donors (Lipinski definition) is 1. The Hall–Kier alpha value is -2.70. The summed E-state index contributed by atoms with van der Waals surface area (Å²) in [5.41, 5.74) is 1.70. The number of nitrogens with one attached hydrogen (secondary N) is 1. The average Bonchev–Trinajstić information content (AvgIpc) is 2.64. The summed E-state index contributed by atoms with van der Waals surface area (Å²) in [7, 11) is 0. The predicted molar refractivity (Wildman–Crippen MR) is 98.9 cm³/mol. The first-order valence-electron chi connectivity index (χ1n) is 8.97. The van der Waals surface area contributed by atoms with Crippen molar-refractivity contribution in [3.05, 3.63) is 40.3 Å². The van der Waals surface area contributed by atoms with Crippen LogP contribution in [0.25, 0.3) is 11.0 Å². The maximum Gasteiger partial charge on any atom is 0.306 e. The Labute approximate surface area is 152 Å². The molecule has 0 aliphatic rings. The van der Waals surface area contributed by atoms with E-state index in [1.54, 1.807) is 11.5 Å². The van der Waals surface area contributed by atoms with Crippen LogP contribution < -0.4 is 10.9 Å². The number of fused-ring (bicyclic) bond motifs is 1. The molecule has 0 bridgehead atoms. The zero-order chi connectivity index (χ0) is 18.9. The largest absolute Gasteiger partial charge is 0.456 e. The molecule has 0 saturated heterocycles. The first-order chi connectivity index (χ1) is 12.6. The van der Waals surface area contributed by atoms with Gasteiger partial charge in [0.1, 0.15) is 5.69 Å². The molecule has 0 spiro atoms. The molecule has 0 saturated carbocycles. The van der Waals surface area contributed by atoms with Gasteiger partial charge in [-0.2, -0.15) is 0 Å². The Morgan fingerprint density at radius 1 is 1.23 bits per heavy atom. The van der Waals surface area contributed by atoms with Gasteiger partial charge in [-0.25, -0.2) is 4.98 Å². The van der Waals surface area contributed by atoms with Crippen LogP contribution in [0, 0.1) is 0 Å². The maximum absolute atomic E-state index is 12.7. The number of aryl methyl sites for hydroxylation is 2. The highest BCUT2D eigenvalue weighted by atomic mass is 16.5. The van der Waals surface area contributed by atoms with Crippen LogP contribution in [-0.2, 0) is 27.3 Å². The van der Waals surface area contributed by atoms with Gasteiger partial charge in [-0.3, -0.25) is 14.4 Å². The monoisotopic (exact) mass is 359 g/mol. The Morgan fingerprint density at radius 2 is 2.00 bits per heavy atom. The van der Waals surface area contributed by atoms with Crippen LogP contribution in [0.5, 0.6) is 0 Å². The fourth-order valence-corrected chi connectivity index (χ4v) is 2.63. The molecule has 26 heavy (non-hydrogen) atoms. The third-order valence-corrected chi connectivity index (χ3v) is 3.96. The van der Waals surface area contributed by atoms with Crippen molar-refractivity contribution in [2.75, 3.05) is 13.2 Å². The van der Waals surface area contributed by atoms with Gasteiger partial charge in [-0.05, 0) is 25.5 Å². The minimum Gasteiger partial charge on any atom is -0.456 e. The highest BCUT2D eigenvalue weighted by Gasteiger charge is 2.13. The van der Waals surface area contributed by atoms with Gasteiger partial charge < -0.3 is 14.6 Å². The smallest absolute Gasteiger partial charge is 0.306 e. The fraction of sp³-hybridized carbons (Fsp3) is 0.474. The number of likely N-dealkylation sites (N-methyl/N-ethyl adjacent to an activating group) is 1. The number of carbonyl (C=O) groups is 2. The molecule has 1 N–H and O–H groups in total. The number of amides is 1. The van der Waals surface area contributed by atoms with E-state index in [4.69, 9.17) is 4.74 Å². The van der Waals surface area contributed by atoms with Crippen molar-refractivity contribution in [2.24, 2.45) is 0 Å². The van der Waals surface area contributed by atoms with Gasteiger partial charge >= 0.3 is 5.97 Å². The Balaban J connectivity index is 2.11. The lowest BCUT2D eigenvalue weighted by molar-refractivity contribution is -0.148. The Bertz CT molecular complexity index is 829. The van der Waals surface area contributed by atoms with Crippen molar-refractivity contribution in [2.45, 2.75) is 46.1 Å². The summed E-state index contributed by atoms with van der Waals surface area (Å²) in [6.45, 7) is 4.65. The van der Waals surface area contributed by atoms with Gasteiger partial charge in [0.15, 0.2) is 6.61 Å². The Kier molecular flexibility index (Phi) is 7.32. The average molecular weight is 359 g/mol. The second-order valence-electron chi connectivity index (χ2n) is 5.97. The van der Waals surface area contributed by atoms with Crippen molar-refractivity contribution >= 4 is 22.9 Å². The number of ether oxygens (including phenoxy) is 1. The van der Waals surface area contributed by atoms with Crippen LogP contribution in [0.4, 0.5) is 0 Å². The van der Waals surface area contributed by atoms with Crippen molar-refractivity contribution < 1.29 is 14.3 Å². The van der Waals surface area contributed by atoms with E-state index in [1.165, 1.54) is 0 Å². The highest BCUT2D eigenvalue weighted by molar-refractivity contribution is 5.80. The zero-order valence-corrected chi connectivity index (χ0v) is 15.3. The molecule has 0 radical (unpaired) electrons.